The van der Waals surface area contributed by atoms with E-state index in [1.807, 2.05) is 18.3 Å². The lowest BCUT2D eigenvalue weighted by atomic mass is 10.00. The number of hydrogen-bond acceptors (Lipinski definition) is 2. The van der Waals surface area contributed by atoms with Crippen LogP contribution in [-0.4, -0.2) is 24.8 Å². The molecule has 2 rings (SSSR count). The zero-order valence-corrected chi connectivity index (χ0v) is 8.07. The molecule has 0 amide bonds. The summed E-state index contributed by atoms with van der Waals surface area (Å²) in [5, 5.41) is 6.20. The number of hydrogen-bond donors (Lipinski definition) is 0. The predicted molar refractivity (Wildman–Crippen MR) is 55.0 cm³/mol. The highest BCUT2D eigenvalue weighted by Gasteiger charge is 2.15. The van der Waals surface area contributed by atoms with Gasteiger partial charge in [-0.3, -0.25) is 5.01 Å². The fraction of sp³-hybridized carbons (Fsp3) is 0.364. The smallest absolute Gasteiger partial charge is 0.0476 e. The van der Waals surface area contributed by atoms with Crippen molar-refractivity contribution in [2.45, 2.75) is 12.8 Å². The third-order valence-corrected chi connectivity index (χ3v) is 2.41. The molecular weight excluding hydrogens is 160 g/mol. The van der Waals surface area contributed by atoms with Gasteiger partial charge in [-0.1, -0.05) is 29.8 Å². The summed E-state index contributed by atoms with van der Waals surface area (Å²) < 4.78 is 0. The van der Waals surface area contributed by atoms with Crippen LogP contribution in [0.3, 0.4) is 0 Å². The van der Waals surface area contributed by atoms with Crippen molar-refractivity contribution in [3.63, 3.8) is 0 Å². The Kier molecular flexibility index (Phi) is 2.05. The maximum atomic E-state index is 4.22. The molecule has 0 radical (unpaired) electrons. The molecular formula is C11H14N2. The Bertz CT molecular complexity index is 313. The lowest BCUT2D eigenvalue weighted by molar-refractivity contribution is 0.381. The van der Waals surface area contributed by atoms with E-state index < -0.39 is 0 Å². The quantitative estimate of drug-likeness (QED) is 0.636. The lowest BCUT2D eigenvalue weighted by Crippen LogP contribution is -2.11. The van der Waals surface area contributed by atoms with E-state index in [2.05, 4.69) is 36.3 Å². The molecule has 68 valence electrons. The normalized spacial score (nSPS) is 21.1. The van der Waals surface area contributed by atoms with Crippen molar-refractivity contribution >= 4 is 6.21 Å². The van der Waals surface area contributed by atoms with Crippen molar-refractivity contribution in [2.24, 2.45) is 5.10 Å². The van der Waals surface area contributed by atoms with E-state index in [9.17, 15) is 0 Å². The Morgan fingerprint density at radius 3 is 2.54 bits per heavy atom. The molecule has 2 heteroatoms. The van der Waals surface area contributed by atoms with Crippen LogP contribution in [0.5, 0.6) is 0 Å². The highest BCUT2D eigenvalue weighted by Crippen LogP contribution is 2.19. The first-order valence-corrected chi connectivity index (χ1v) is 4.57. The van der Waals surface area contributed by atoms with E-state index in [0.29, 0.717) is 5.92 Å². The van der Waals surface area contributed by atoms with Crippen LogP contribution in [0.15, 0.2) is 29.4 Å². The first-order chi connectivity index (χ1) is 6.25. The summed E-state index contributed by atoms with van der Waals surface area (Å²) in [6.45, 7) is 3.11. The molecule has 0 aliphatic carbocycles. The Hall–Kier alpha value is -1.31. The minimum Gasteiger partial charge on any atom is -0.299 e. The molecule has 1 heterocycles. The standard InChI is InChI=1S/C11H14N2/c1-9-3-5-10(6-4-9)11-7-12-13(2)8-11/h3-7,11H,8H2,1-2H3. The first kappa shape index (κ1) is 8.30. The minimum atomic E-state index is 0.477. The summed E-state index contributed by atoms with van der Waals surface area (Å²) >= 11 is 0. The van der Waals surface area contributed by atoms with Crippen molar-refractivity contribution in [3.8, 4) is 0 Å². The highest BCUT2D eigenvalue weighted by atomic mass is 15.4. The molecule has 1 aliphatic heterocycles. The number of benzene rings is 1. The van der Waals surface area contributed by atoms with E-state index in [4.69, 9.17) is 0 Å². The van der Waals surface area contributed by atoms with E-state index in [1.165, 1.54) is 11.1 Å². The molecule has 1 aliphatic rings. The van der Waals surface area contributed by atoms with Crippen LogP contribution in [-0.2, 0) is 0 Å². The van der Waals surface area contributed by atoms with Crippen LogP contribution >= 0.6 is 0 Å². The largest absolute Gasteiger partial charge is 0.299 e. The summed E-state index contributed by atoms with van der Waals surface area (Å²) in [7, 11) is 2.00. The van der Waals surface area contributed by atoms with Crippen molar-refractivity contribution < 1.29 is 0 Å². The second-order valence-corrected chi connectivity index (χ2v) is 3.62. The molecule has 1 aromatic carbocycles. The molecule has 0 saturated heterocycles. The number of nitrogens with zero attached hydrogens (tertiary/aromatic N) is 2. The zero-order valence-electron chi connectivity index (χ0n) is 8.07. The maximum Gasteiger partial charge on any atom is 0.0476 e. The summed E-state index contributed by atoms with van der Waals surface area (Å²) in [6.07, 6.45) is 2.02. The Morgan fingerprint density at radius 2 is 2.00 bits per heavy atom. The van der Waals surface area contributed by atoms with Crippen molar-refractivity contribution in [3.05, 3.63) is 35.4 Å². The van der Waals surface area contributed by atoms with Crippen LogP contribution < -0.4 is 0 Å². The fourth-order valence-corrected chi connectivity index (χ4v) is 1.58. The number of likely N-dealkylation sites (N-methyl/N-ethyl adjacent to an activating group) is 1. The monoisotopic (exact) mass is 174 g/mol. The van der Waals surface area contributed by atoms with Gasteiger partial charge in [0.2, 0.25) is 0 Å². The first-order valence-electron chi connectivity index (χ1n) is 4.57. The van der Waals surface area contributed by atoms with Crippen LogP contribution in [0.4, 0.5) is 0 Å². The lowest BCUT2D eigenvalue weighted by Gasteiger charge is -2.10. The van der Waals surface area contributed by atoms with Gasteiger partial charge in [0, 0.05) is 25.7 Å². The predicted octanol–water partition coefficient (Wildman–Crippen LogP) is 2.01. The third kappa shape index (κ3) is 1.72. The molecule has 0 aromatic heterocycles. The van der Waals surface area contributed by atoms with E-state index in [1.54, 1.807) is 0 Å². The van der Waals surface area contributed by atoms with Gasteiger partial charge in [0.05, 0.1) is 0 Å². The molecule has 2 nitrogen and oxygen atoms in total. The molecule has 0 saturated carbocycles. The van der Waals surface area contributed by atoms with Gasteiger partial charge in [-0.25, -0.2) is 0 Å². The average molecular weight is 174 g/mol. The Balaban J connectivity index is 2.18. The Morgan fingerprint density at radius 1 is 1.31 bits per heavy atom. The maximum absolute atomic E-state index is 4.22. The van der Waals surface area contributed by atoms with E-state index in [-0.39, 0.29) is 0 Å². The fourth-order valence-electron chi connectivity index (χ4n) is 1.58. The van der Waals surface area contributed by atoms with E-state index in [0.717, 1.165) is 6.54 Å². The van der Waals surface area contributed by atoms with Crippen LogP contribution in [0.2, 0.25) is 0 Å². The van der Waals surface area contributed by atoms with Crippen molar-refractivity contribution in [2.75, 3.05) is 13.6 Å². The second kappa shape index (κ2) is 3.21. The van der Waals surface area contributed by atoms with Gasteiger partial charge >= 0.3 is 0 Å². The van der Waals surface area contributed by atoms with Crippen molar-refractivity contribution in [1.82, 2.24) is 5.01 Å². The summed E-state index contributed by atoms with van der Waals surface area (Å²) in [4.78, 5) is 0. The van der Waals surface area contributed by atoms with Gasteiger partial charge in [0.25, 0.3) is 0 Å². The van der Waals surface area contributed by atoms with E-state index >= 15 is 0 Å². The van der Waals surface area contributed by atoms with Gasteiger partial charge in [-0.15, -0.1) is 0 Å². The number of aryl methyl sites for hydroxylation is 1. The second-order valence-electron chi connectivity index (χ2n) is 3.62. The van der Waals surface area contributed by atoms with Gasteiger partial charge in [0.1, 0.15) is 0 Å². The summed E-state index contributed by atoms with van der Waals surface area (Å²) in [6, 6.07) is 8.68. The molecule has 0 spiro atoms. The third-order valence-electron chi connectivity index (χ3n) is 2.41. The molecule has 0 N–H and O–H groups in total. The molecule has 0 bridgehead atoms. The zero-order chi connectivity index (χ0) is 9.26. The topological polar surface area (TPSA) is 15.6 Å². The van der Waals surface area contributed by atoms with Gasteiger partial charge in [-0.2, -0.15) is 5.10 Å². The Labute approximate surface area is 78.9 Å². The van der Waals surface area contributed by atoms with Crippen LogP contribution in [0, 0.1) is 6.92 Å². The van der Waals surface area contributed by atoms with Gasteiger partial charge in [0.15, 0.2) is 0 Å². The molecule has 1 unspecified atom stereocenters. The molecule has 1 aromatic rings. The van der Waals surface area contributed by atoms with Crippen LogP contribution in [0.25, 0.3) is 0 Å². The summed E-state index contributed by atoms with van der Waals surface area (Å²) in [5.41, 5.74) is 2.67. The molecule has 1 atom stereocenters. The summed E-state index contributed by atoms with van der Waals surface area (Å²) in [5.74, 6) is 0.477. The van der Waals surface area contributed by atoms with Gasteiger partial charge in [-0.05, 0) is 12.5 Å². The number of rotatable bonds is 1. The van der Waals surface area contributed by atoms with Crippen molar-refractivity contribution in [1.29, 1.82) is 0 Å². The SMILES string of the molecule is Cc1ccc(C2C=NN(C)C2)cc1. The minimum absolute atomic E-state index is 0.477. The molecule has 13 heavy (non-hydrogen) atoms. The highest BCUT2D eigenvalue weighted by molar-refractivity contribution is 5.69. The molecule has 0 fully saturated rings. The number of hydrazone groups is 1. The van der Waals surface area contributed by atoms with Crippen LogP contribution in [0.1, 0.15) is 17.0 Å². The van der Waals surface area contributed by atoms with Gasteiger partial charge < -0.3 is 0 Å². The average Bonchev–Trinajstić information content (AvgIpc) is 2.53.